The highest BCUT2D eigenvalue weighted by molar-refractivity contribution is 7.89. The normalized spacial score (nSPS) is 13.9. The van der Waals surface area contributed by atoms with E-state index < -0.39 is 10.0 Å². The van der Waals surface area contributed by atoms with Crippen LogP contribution in [-0.4, -0.2) is 38.3 Å². The topological polar surface area (TPSA) is 57.7 Å². The summed E-state index contributed by atoms with van der Waals surface area (Å²) in [6, 6.07) is 13.1. The number of carbonyl (C=O) groups excluding carboxylic acids is 1. The van der Waals surface area contributed by atoms with Crippen LogP contribution in [0, 0.1) is 6.92 Å². The van der Waals surface area contributed by atoms with E-state index in [0.717, 1.165) is 16.8 Å². The molecule has 1 aliphatic rings. The molecular formula is C21H26N2O3S. The SMILES string of the molecule is CCN(CC)S(=O)(=O)c1ccc2c(c1)CCN2C(=O)Cc1ccc(C)cc1. The number of rotatable bonds is 6. The van der Waals surface area contributed by atoms with Crippen LogP contribution in [0.15, 0.2) is 47.4 Å². The van der Waals surface area contributed by atoms with Crippen LogP contribution in [0.2, 0.25) is 0 Å². The molecule has 0 aromatic heterocycles. The van der Waals surface area contributed by atoms with Crippen LogP contribution >= 0.6 is 0 Å². The van der Waals surface area contributed by atoms with Crippen molar-refractivity contribution in [3.63, 3.8) is 0 Å². The zero-order valence-electron chi connectivity index (χ0n) is 16.1. The molecule has 0 fully saturated rings. The molecule has 0 spiro atoms. The van der Waals surface area contributed by atoms with Gasteiger partial charge in [0.15, 0.2) is 0 Å². The highest BCUT2D eigenvalue weighted by atomic mass is 32.2. The Morgan fingerprint density at radius 3 is 2.37 bits per heavy atom. The number of hydrogen-bond donors (Lipinski definition) is 0. The summed E-state index contributed by atoms with van der Waals surface area (Å²) in [6.45, 7) is 7.16. The molecule has 0 N–H and O–H groups in total. The van der Waals surface area contributed by atoms with Gasteiger partial charge in [-0.15, -0.1) is 0 Å². The molecule has 6 heteroatoms. The van der Waals surface area contributed by atoms with E-state index in [1.54, 1.807) is 23.1 Å². The van der Waals surface area contributed by atoms with Crippen molar-refractivity contribution in [3.8, 4) is 0 Å². The Morgan fingerprint density at radius 1 is 1.07 bits per heavy atom. The quantitative estimate of drug-likeness (QED) is 0.766. The van der Waals surface area contributed by atoms with E-state index in [1.807, 2.05) is 45.0 Å². The van der Waals surface area contributed by atoms with Crippen molar-refractivity contribution in [1.29, 1.82) is 0 Å². The van der Waals surface area contributed by atoms with Crippen LogP contribution in [0.1, 0.15) is 30.5 Å². The van der Waals surface area contributed by atoms with Crippen LogP contribution in [0.4, 0.5) is 5.69 Å². The number of aryl methyl sites for hydroxylation is 1. The molecule has 2 aromatic rings. The molecule has 0 atom stereocenters. The molecule has 5 nitrogen and oxygen atoms in total. The number of anilines is 1. The van der Waals surface area contributed by atoms with Gasteiger partial charge in [-0.3, -0.25) is 4.79 Å². The predicted molar refractivity (Wildman–Crippen MR) is 107 cm³/mol. The molecule has 0 saturated heterocycles. The fourth-order valence-electron chi connectivity index (χ4n) is 3.49. The average molecular weight is 387 g/mol. The van der Waals surface area contributed by atoms with Crippen molar-refractivity contribution >= 4 is 21.6 Å². The van der Waals surface area contributed by atoms with Crippen molar-refractivity contribution in [2.45, 2.75) is 38.5 Å². The Kier molecular flexibility index (Phi) is 5.67. The summed E-state index contributed by atoms with van der Waals surface area (Å²) in [6.07, 6.45) is 1.02. The second kappa shape index (κ2) is 7.82. The smallest absolute Gasteiger partial charge is 0.243 e. The van der Waals surface area contributed by atoms with E-state index in [0.29, 0.717) is 37.4 Å². The summed E-state index contributed by atoms with van der Waals surface area (Å²) in [4.78, 5) is 14.8. The van der Waals surface area contributed by atoms with Gasteiger partial charge in [-0.25, -0.2) is 8.42 Å². The summed E-state index contributed by atoms with van der Waals surface area (Å²) < 4.78 is 26.9. The van der Waals surface area contributed by atoms with Gasteiger partial charge in [0.05, 0.1) is 11.3 Å². The molecule has 0 saturated carbocycles. The maximum Gasteiger partial charge on any atom is 0.243 e. The molecule has 1 amide bonds. The predicted octanol–water partition coefficient (Wildman–Crippen LogP) is 3.16. The molecule has 0 radical (unpaired) electrons. The van der Waals surface area contributed by atoms with Crippen molar-refractivity contribution in [2.75, 3.05) is 24.5 Å². The number of fused-ring (bicyclic) bond motifs is 1. The third-order valence-corrected chi connectivity index (χ3v) is 7.11. The van der Waals surface area contributed by atoms with Gasteiger partial charge in [0.25, 0.3) is 0 Å². The molecule has 144 valence electrons. The largest absolute Gasteiger partial charge is 0.312 e. The zero-order chi connectivity index (χ0) is 19.6. The van der Waals surface area contributed by atoms with Gasteiger partial charge in [0.2, 0.25) is 15.9 Å². The lowest BCUT2D eigenvalue weighted by Crippen LogP contribution is -2.31. The molecule has 0 aliphatic carbocycles. The third-order valence-electron chi connectivity index (χ3n) is 5.07. The summed E-state index contributed by atoms with van der Waals surface area (Å²) in [5.41, 5.74) is 3.89. The number of sulfonamides is 1. The maximum atomic E-state index is 12.7. The highest BCUT2D eigenvalue weighted by Gasteiger charge is 2.28. The fourth-order valence-corrected chi connectivity index (χ4v) is 5.00. The summed E-state index contributed by atoms with van der Waals surface area (Å²) >= 11 is 0. The lowest BCUT2D eigenvalue weighted by Gasteiger charge is -2.20. The van der Waals surface area contributed by atoms with Crippen LogP contribution in [0.25, 0.3) is 0 Å². The first-order chi connectivity index (χ1) is 12.9. The Bertz CT molecular complexity index is 932. The van der Waals surface area contributed by atoms with E-state index >= 15 is 0 Å². The first-order valence-corrected chi connectivity index (χ1v) is 10.8. The van der Waals surface area contributed by atoms with E-state index in [4.69, 9.17) is 0 Å². The van der Waals surface area contributed by atoms with Gasteiger partial charge in [-0.05, 0) is 42.7 Å². The van der Waals surface area contributed by atoms with Gasteiger partial charge < -0.3 is 4.90 Å². The Hall–Kier alpha value is -2.18. The molecular weight excluding hydrogens is 360 g/mol. The van der Waals surface area contributed by atoms with E-state index in [2.05, 4.69) is 0 Å². The molecule has 1 aliphatic heterocycles. The van der Waals surface area contributed by atoms with Crippen molar-refractivity contribution in [2.24, 2.45) is 0 Å². The monoisotopic (exact) mass is 386 g/mol. The number of amides is 1. The number of nitrogens with zero attached hydrogens (tertiary/aromatic N) is 2. The number of benzene rings is 2. The minimum absolute atomic E-state index is 0.0388. The van der Waals surface area contributed by atoms with Gasteiger partial charge in [-0.1, -0.05) is 43.7 Å². The minimum Gasteiger partial charge on any atom is -0.312 e. The van der Waals surface area contributed by atoms with E-state index in [1.165, 1.54) is 9.87 Å². The Labute approximate surface area is 161 Å². The lowest BCUT2D eigenvalue weighted by atomic mass is 10.1. The fraction of sp³-hybridized carbons (Fsp3) is 0.381. The highest BCUT2D eigenvalue weighted by Crippen LogP contribution is 2.31. The third kappa shape index (κ3) is 3.92. The summed E-state index contributed by atoms with van der Waals surface area (Å²) in [7, 11) is -3.48. The van der Waals surface area contributed by atoms with Crippen LogP contribution in [0.3, 0.4) is 0 Å². The first kappa shape index (κ1) is 19.6. The van der Waals surface area contributed by atoms with Gasteiger partial charge in [0, 0.05) is 25.3 Å². The average Bonchev–Trinajstić information content (AvgIpc) is 3.07. The van der Waals surface area contributed by atoms with E-state index in [9.17, 15) is 13.2 Å². The Morgan fingerprint density at radius 2 is 1.74 bits per heavy atom. The van der Waals surface area contributed by atoms with Gasteiger partial charge >= 0.3 is 0 Å². The van der Waals surface area contributed by atoms with E-state index in [-0.39, 0.29) is 5.91 Å². The van der Waals surface area contributed by atoms with Crippen molar-refractivity contribution < 1.29 is 13.2 Å². The van der Waals surface area contributed by atoms with Crippen molar-refractivity contribution in [1.82, 2.24) is 4.31 Å². The number of hydrogen-bond acceptors (Lipinski definition) is 3. The maximum absolute atomic E-state index is 12.7. The standard InChI is InChI=1S/C21H26N2O3S/c1-4-22(5-2)27(25,26)19-10-11-20-18(15-19)12-13-23(20)21(24)14-17-8-6-16(3)7-9-17/h6-11,15H,4-5,12-14H2,1-3H3. The number of carbonyl (C=O) groups is 1. The van der Waals surface area contributed by atoms with Crippen LogP contribution in [-0.2, 0) is 27.7 Å². The molecule has 3 rings (SSSR count). The molecule has 1 heterocycles. The second-order valence-corrected chi connectivity index (χ2v) is 8.78. The van der Waals surface area contributed by atoms with Crippen molar-refractivity contribution in [3.05, 3.63) is 59.2 Å². The molecule has 0 bridgehead atoms. The summed E-state index contributed by atoms with van der Waals surface area (Å²) in [5, 5.41) is 0. The first-order valence-electron chi connectivity index (χ1n) is 9.35. The molecule has 27 heavy (non-hydrogen) atoms. The molecule has 0 unspecified atom stereocenters. The van der Waals surface area contributed by atoms with Crippen LogP contribution in [0.5, 0.6) is 0 Å². The second-order valence-electron chi connectivity index (χ2n) is 6.84. The lowest BCUT2D eigenvalue weighted by molar-refractivity contribution is -0.117. The zero-order valence-corrected chi connectivity index (χ0v) is 16.9. The van der Waals surface area contributed by atoms with Gasteiger partial charge in [0.1, 0.15) is 0 Å². The minimum atomic E-state index is -3.48. The molecule has 2 aromatic carbocycles. The summed E-state index contributed by atoms with van der Waals surface area (Å²) in [5.74, 6) is 0.0388. The van der Waals surface area contributed by atoms with Gasteiger partial charge in [-0.2, -0.15) is 4.31 Å². The Balaban J connectivity index is 1.82. The van der Waals surface area contributed by atoms with Crippen LogP contribution < -0.4 is 4.90 Å².